The Balaban J connectivity index is 3.01. The average molecular weight is 498 g/mol. The van der Waals surface area contributed by atoms with E-state index in [2.05, 4.69) is 16.0 Å². The van der Waals surface area contributed by atoms with Gasteiger partial charge in [0.2, 0.25) is 23.6 Å². The molecule has 1 rings (SSSR count). The van der Waals surface area contributed by atoms with Crippen LogP contribution >= 0.6 is 11.8 Å². The number of carbonyl (C=O) groups excluding carboxylic acids is 4. The number of primary amides is 1. The Bertz CT molecular complexity index is 866. The van der Waals surface area contributed by atoms with Crippen molar-refractivity contribution in [1.29, 1.82) is 0 Å². The van der Waals surface area contributed by atoms with Crippen molar-refractivity contribution >= 4 is 41.4 Å². The molecule has 188 valence electrons. The summed E-state index contributed by atoms with van der Waals surface area (Å²) in [5.74, 6) is -3.35. The Labute approximate surface area is 201 Å². The standard InChI is InChI=1S/C21H31N5O7S/c1-34-9-8-15(20(32)24-11-18(29)30)25-21(33)16(10-12-2-4-13(27)5-3-12)26-19(31)14(22)6-7-17(23)28/h2-5,14-16,27H,6-11,22H2,1H3,(H2,23,28)(H,24,32)(H,25,33)(H,26,31)(H,29,30). The molecule has 34 heavy (non-hydrogen) atoms. The molecule has 0 aromatic heterocycles. The fourth-order valence-corrected chi connectivity index (χ4v) is 3.32. The van der Waals surface area contributed by atoms with Crippen LogP contribution in [0.2, 0.25) is 0 Å². The maximum Gasteiger partial charge on any atom is 0.322 e. The lowest BCUT2D eigenvalue weighted by atomic mass is 10.0. The molecule has 0 aliphatic rings. The molecule has 0 radical (unpaired) electrons. The first kappa shape index (κ1) is 28.7. The molecule has 0 heterocycles. The molecule has 0 saturated heterocycles. The number of carboxylic acid groups (broad SMARTS) is 1. The van der Waals surface area contributed by atoms with Crippen molar-refractivity contribution in [2.45, 2.75) is 43.8 Å². The fraction of sp³-hybridized carbons (Fsp3) is 0.476. The molecule has 0 aliphatic carbocycles. The van der Waals surface area contributed by atoms with Gasteiger partial charge in [-0.05, 0) is 42.5 Å². The topological polar surface area (TPSA) is 214 Å². The van der Waals surface area contributed by atoms with E-state index >= 15 is 0 Å². The lowest BCUT2D eigenvalue weighted by Gasteiger charge is -2.24. The van der Waals surface area contributed by atoms with E-state index in [1.165, 1.54) is 23.9 Å². The largest absolute Gasteiger partial charge is 0.508 e. The quantitative estimate of drug-likeness (QED) is 0.149. The second-order valence-electron chi connectivity index (χ2n) is 7.50. The third kappa shape index (κ3) is 11.0. The van der Waals surface area contributed by atoms with Crippen molar-refractivity contribution in [2.75, 3.05) is 18.6 Å². The van der Waals surface area contributed by atoms with Gasteiger partial charge in [0.1, 0.15) is 24.4 Å². The number of thioether (sulfide) groups is 1. The highest BCUT2D eigenvalue weighted by atomic mass is 32.2. The number of nitrogens with one attached hydrogen (secondary N) is 3. The molecule has 1 aromatic carbocycles. The molecule has 4 amide bonds. The first-order chi connectivity index (χ1) is 16.0. The van der Waals surface area contributed by atoms with Crippen LogP contribution in [0.1, 0.15) is 24.8 Å². The molecule has 3 unspecified atom stereocenters. The molecule has 9 N–H and O–H groups in total. The normalized spacial score (nSPS) is 13.2. The SMILES string of the molecule is CSCCC(NC(=O)C(Cc1ccc(O)cc1)NC(=O)C(N)CCC(N)=O)C(=O)NCC(=O)O. The Morgan fingerprint density at radius 3 is 2.15 bits per heavy atom. The predicted octanol–water partition coefficient (Wildman–Crippen LogP) is -1.55. The first-order valence-electron chi connectivity index (χ1n) is 10.4. The van der Waals surface area contributed by atoms with Crippen molar-refractivity contribution in [3.8, 4) is 5.75 Å². The van der Waals surface area contributed by atoms with Crippen LogP contribution in [-0.2, 0) is 30.4 Å². The van der Waals surface area contributed by atoms with Crippen molar-refractivity contribution < 1.29 is 34.2 Å². The zero-order valence-corrected chi connectivity index (χ0v) is 19.6. The highest BCUT2D eigenvalue weighted by Gasteiger charge is 2.28. The Morgan fingerprint density at radius 2 is 1.59 bits per heavy atom. The average Bonchev–Trinajstić information content (AvgIpc) is 2.79. The molecule has 0 spiro atoms. The number of carbonyl (C=O) groups is 5. The van der Waals surface area contributed by atoms with E-state index < -0.39 is 54.3 Å². The van der Waals surface area contributed by atoms with E-state index in [0.717, 1.165) is 0 Å². The molecule has 13 heteroatoms. The van der Waals surface area contributed by atoms with Crippen LogP contribution in [0.4, 0.5) is 0 Å². The van der Waals surface area contributed by atoms with Crippen LogP contribution in [0, 0.1) is 0 Å². The summed E-state index contributed by atoms with van der Waals surface area (Å²) in [6.07, 6.45) is 1.95. The van der Waals surface area contributed by atoms with Crippen molar-refractivity contribution in [2.24, 2.45) is 11.5 Å². The number of carboxylic acids is 1. The number of aromatic hydroxyl groups is 1. The van der Waals surface area contributed by atoms with E-state index in [-0.39, 0.29) is 31.4 Å². The number of phenolic OH excluding ortho intramolecular Hbond substituents is 1. The van der Waals surface area contributed by atoms with Gasteiger partial charge in [0.05, 0.1) is 6.04 Å². The van der Waals surface area contributed by atoms with Crippen LogP contribution in [0.15, 0.2) is 24.3 Å². The summed E-state index contributed by atoms with van der Waals surface area (Å²) >= 11 is 1.44. The lowest BCUT2D eigenvalue weighted by Crippen LogP contribution is -2.56. The van der Waals surface area contributed by atoms with Gasteiger partial charge in [-0.15, -0.1) is 0 Å². The number of rotatable bonds is 15. The summed E-state index contributed by atoms with van der Waals surface area (Å²) in [5, 5.41) is 25.6. The summed E-state index contributed by atoms with van der Waals surface area (Å²) in [7, 11) is 0. The number of nitrogens with two attached hydrogens (primary N) is 2. The minimum absolute atomic E-state index is 0.0113. The number of benzene rings is 1. The van der Waals surface area contributed by atoms with Crippen LogP contribution in [0.5, 0.6) is 5.75 Å². The van der Waals surface area contributed by atoms with Crippen molar-refractivity contribution in [3.63, 3.8) is 0 Å². The van der Waals surface area contributed by atoms with Gasteiger partial charge in [0.25, 0.3) is 0 Å². The summed E-state index contributed by atoms with van der Waals surface area (Å²) in [6, 6.07) is 2.73. The molecule has 3 atom stereocenters. The number of hydrogen-bond acceptors (Lipinski definition) is 8. The minimum atomic E-state index is -1.23. The van der Waals surface area contributed by atoms with Crippen molar-refractivity contribution in [3.05, 3.63) is 29.8 Å². The fourth-order valence-electron chi connectivity index (χ4n) is 2.85. The zero-order chi connectivity index (χ0) is 25.7. The monoisotopic (exact) mass is 497 g/mol. The van der Waals surface area contributed by atoms with Gasteiger partial charge in [-0.2, -0.15) is 11.8 Å². The second kappa shape index (κ2) is 14.8. The maximum atomic E-state index is 13.1. The summed E-state index contributed by atoms with van der Waals surface area (Å²) < 4.78 is 0. The Hall–Kier alpha value is -3.32. The highest BCUT2D eigenvalue weighted by Crippen LogP contribution is 2.12. The van der Waals surface area contributed by atoms with Crippen molar-refractivity contribution in [1.82, 2.24) is 16.0 Å². The van der Waals surface area contributed by atoms with Gasteiger partial charge in [0.15, 0.2) is 0 Å². The summed E-state index contributed by atoms with van der Waals surface area (Å²) in [5.41, 5.74) is 11.5. The van der Waals surface area contributed by atoms with Crippen LogP contribution in [-0.4, -0.2) is 76.5 Å². The molecule has 0 bridgehead atoms. The third-order valence-corrected chi connectivity index (χ3v) is 5.35. The van der Waals surface area contributed by atoms with Gasteiger partial charge in [-0.1, -0.05) is 12.1 Å². The van der Waals surface area contributed by atoms with Gasteiger partial charge in [0, 0.05) is 12.8 Å². The number of amides is 4. The number of aliphatic carboxylic acids is 1. The van der Waals surface area contributed by atoms with Gasteiger partial charge < -0.3 is 37.6 Å². The lowest BCUT2D eigenvalue weighted by molar-refractivity contribution is -0.138. The first-order valence-corrected chi connectivity index (χ1v) is 11.8. The molecular weight excluding hydrogens is 466 g/mol. The number of hydrogen-bond donors (Lipinski definition) is 7. The van der Waals surface area contributed by atoms with E-state index in [4.69, 9.17) is 16.6 Å². The molecular formula is C21H31N5O7S. The number of phenols is 1. The van der Waals surface area contributed by atoms with Crippen LogP contribution in [0.25, 0.3) is 0 Å². The Kier molecular flexibility index (Phi) is 12.5. The van der Waals surface area contributed by atoms with Crippen LogP contribution in [0.3, 0.4) is 0 Å². The maximum absolute atomic E-state index is 13.1. The molecule has 0 aliphatic heterocycles. The minimum Gasteiger partial charge on any atom is -0.508 e. The summed E-state index contributed by atoms with van der Waals surface area (Å²) in [6.45, 7) is -0.604. The second-order valence-corrected chi connectivity index (χ2v) is 8.48. The predicted molar refractivity (Wildman–Crippen MR) is 126 cm³/mol. The van der Waals surface area contributed by atoms with Gasteiger partial charge in [-0.25, -0.2) is 0 Å². The third-order valence-electron chi connectivity index (χ3n) is 4.71. The molecule has 0 fully saturated rings. The molecule has 1 aromatic rings. The van der Waals surface area contributed by atoms with E-state index in [0.29, 0.717) is 11.3 Å². The van der Waals surface area contributed by atoms with E-state index in [1.807, 2.05) is 6.26 Å². The van der Waals surface area contributed by atoms with Gasteiger partial charge >= 0.3 is 5.97 Å². The smallest absolute Gasteiger partial charge is 0.322 e. The Morgan fingerprint density at radius 1 is 0.971 bits per heavy atom. The molecule has 12 nitrogen and oxygen atoms in total. The van der Waals surface area contributed by atoms with Crippen LogP contribution < -0.4 is 27.4 Å². The van der Waals surface area contributed by atoms with E-state index in [9.17, 15) is 29.1 Å². The molecule has 0 saturated carbocycles. The van der Waals surface area contributed by atoms with Gasteiger partial charge in [-0.3, -0.25) is 24.0 Å². The van der Waals surface area contributed by atoms with E-state index in [1.54, 1.807) is 12.1 Å². The summed E-state index contributed by atoms with van der Waals surface area (Å²) in [4.78, 5) is 59.7. The highest BCUT2D eigenvalue weighted by molar-refractivity contribution is 7.98. The zero-order valence-electron chi connectivity index (χ0n) is 18.8.